The van der Waals surface area contributed by atoms with Gasteiger partial charge in [0.15, 0.2) is 10.9 Å². The summed E-state index contributed by atoms with van der Waals surface area (Å²) in [6, 6.07) is 5.55. The number of aliphatic hydroxyl groups is 1. The molecule has 1 saturated carbocycles. The highest BCUT2D eigenvalue weighted by atomic mass is 32.2. The van der Waals surface area contributed by atoms with Crippen LogP contribution in [0.1, 0.15) is 29.2 Å². The maximum Gasteiger partial charge on any atom is 0.290 e. The number of hydrogen-bond donors (Lipinski definition) is 2. The van der Waals surface area contributed by atoms with E-state index in [4.69, 9.17) is 14.3 Å². The normalized spacial score (nSPS) is 25.0. The monoisotopic (exact) mass is 448 g/mol. The number of likely N-dealkylation sites (N-methyl/N-ethyl adjacent to an activating group) is 1. The van der Waals surface area contributed by atoms with Crippen molar-refractivity contribution >= 4 is 24.1 Å². The highest BCUT2D eigenvalue weighted by Crippen LogP contribution is 2.38. The molecule has 2 N–H and O–H groups in total. The van der Waals surface area contributed by atoms with Gasteiger partial charge >= 0.3 is 0 Å². The van der Waals surface area contributed by atoms with Gasteiger partial charge in [-0.3, -0.25) is 9.59 Å². The Morgan fingerprint density at radius 3 is 2.55 bits per heavy atom. The van der Waals surface area contributed by atoms with Crippen molar-refractivity contribution in [1.29, 1.82) is 0 Å². The van der Waals surface area contributed by atoms with Crippen LogP contribution in [0, 0.1) is 11.8 Å². The molecule has 0 aromatic carbocycles. The molecule has 3 heterocycles. The number of aliphatic hydroxyl groups excluding tert-OH is 1. The van der Waals surface area contributed by atoms with Crippen molar-refractivity contribution in [2.75, 3.05) is 27.2 Å². The highest BCUT2D eigenvalue weighted by Gasteiger charge is 2.44. The van der Waals surface area contributed by atoms with Gasteiger partial charge < -0.3 is 24.4 Å². The number of fused-ring (bicyclic) bond motifs is 1. The standard InChI is InChI=1S/C20H26N4O3S.CH2O2/c1-23(2)16-8-13-10-24(11-14(13)9-17(16)25)19(26)18-5-4-15(27-18)12-28-20-21-6-3-7-22-20;2-1-3/h3-7,13-14,16-17,25H,8-12H2,1-2H3;1H,(H,2,3)/t13-,14+,16-,17-;/m1./s1. The first-order chi connectivity index (χ1) is 14.9. The molecule has 2 aromatic rings. The summed E-state index contributed by atoms with van der Waals surface area (Å²) in [5.74, 6) is 2.46. The minimum absolute atomic E-state index is 0.0579. The fourth-order valence-corrected chi connectivity index (χ4v) is 5.05. The molecule has 9 nitrogen and oxygen atoms in total. The molecule has 1 aliphatic heterocycles. The largest absolute Gasteiger partial charge is 0.483 e. The maximum absolute atomic E-state index is 12.9. The number of carboxylic acid groups (broad SMARTS) is 1. The Hall–Kier alpha value is -2.43. The SMILES string of the molecule is CN(C)[C@@H]1C[C@@H]2CN(C(=O)c3ccc(CSc4ncccn4)o3)C[C@@H]2C[C@H]1O.O=CO. The van der Waals surface area contributed by atoms with Crippen molar-refractivity contribution in [3.63, 3.8) is 0 Å². The van der Waals surface area contributed by atoms with E-state index < -0.39 is 0 Å². The Morgan fingerprint density at radius 1 is 1.26 bits per heavy atom. The van der Waals surface area contributed by atoms with Crippen LogP contribution in [0.5, 0.6) is 0 Å². The van der Waals surface area contributed by atoms with Gasteiger partial charge in [0.1, 0.15) is 5.76 Å². The molecule has 0 unspecified atom stereocenters. The lowest BCUT2D eigenvalue weighted by molar-refractivity contribution is -0.122. The summed E-state index contributed by atoms with van der Waals surface area (Å²) in [6.45, 7) is 1.19. The highest BCUT2D eigenvalue weighted by molar-refractivity contribution is 7.98. The van der Waals surface area contributed by atoms with Crippen molar-refractivity contribution < 1.29 is 24.2 Å². The van der Waals surface area contributed by atoms with Gasteiger partial charge in [0, 0.05) is 31.5 Å². The van der Waals surface area contributed by atoms with Crippen LogP contribution in [-0.4, -0.2) is 81.7 Å². The second kappa shape index (κ2) is 10.7. The van der Waals surface area contributed by atoms with Gasteiger partial charge in [-0.25, -0.2) is 9.97 Å². The molecule has 4 atom stereocenters. The Kier molecular flexibility index (Phi) is 8.05. The average molecular weight is 449 g/mol. The molecular weight excluding hydrogens is 420 g/mol. The first kappa shape index (κ1) is 23.2. The van der Waals surface area contributed by atoms with E-state index in [2.05, 4.69) is 14.9 Å². The van der Waals surface area contributed by atoms with E-state index in [1.165, 1.54) is 11.8 Å². The van der Waals surface area contributed by atoms with Crippen LogP contribution in [-0.2, 0) is 10.5 Å². The number of rotatable bonds is 5. The number of hydrogen-bond acceptors (Lipinski definition) is 8. The van der Waals surface area contributed by atoms with Gasteiger partial charge in [0.2, 0.25) is 0 Å². The number of amides is 1. The van der Waals surface area contributed by atoms with E-state index in [1.807, 2.05) is 25.1 Å². The lowest BCUT2D eigenvalue weighted by Crippen LogP contribution is -2.46. The van der Waals surface area contributed by atoms with Crippen molar-refractivity contribution in [1.82, 2.24) is 19.8 Å². The molecule has 31 heavy (non-hydrogen) atoms. The van der Waals surface area contributed by atoms with Crippen LogP contribution in [0.4, 0.5) is 0 Å². The molecule has 1 amide bonds. The summed E-state index contributed by atoms with van der Waals surface area (Å²) in [5.41, 5.74) is 0. The minimum atomic E-state index is -0.321. The second-order valence-electron chi connectivity index (χ2n) is 7.99. The predicted octanol–water partition coefficient (Wildman–Crippen LogP) is 1.84. The summed E-state index contributed by atoms with van der Waals surface area (Å²) in [7, 11) is 4.02. The first-order valence-corrected chi connectivity index (χ1v) is 11.1. The molecule has 1 aliphatic carbocycles. The number of carbonyl (C=O) groups excluding carboxylic acids is 1. The van der Waals surface area contributed by atoms with Crippen molar-refractivity contribution in [2.24, 2.45) is 11.8 Å². The Labute approximate surface area is 185 Å². The lowest BCUT2D eigenvalue weighted by Gasteiger charge is -2.38. The quantitative estimate of drug-likeness (QED) is 0.401. The average Bonchev–Trinajstić information content (AvgIpc) is 3.39. The van der Waals surface area contributed by atoms with Crippen LogP contribution in [0.25, 0.3) is 0 Å². The molecule has 0 bridgehead atoms. The third kappa shape index (κ3) is 5.84. The maximum atomic E-state index is 12.9. The first-order valence-electron chi connectivity index (χ1n) is 10.1. The van der Waals surface area contributed by atoms with Gasteiger partial charge in [-0.05, 0) is 57.0 Å². The topological polar surface area (TPSA) is 120 Å². The Morgan fingerprint density at radius 2 is 1.90 bits per heavy atom. The molecule has 0 spiro atoms. The van der Waals surface area contributed by atoms with Crippen LogP contribution in [0.2, 0.25) is 0 Å². The number of furan rings is 1. The number of aromatic nitrogens is 2. The van der Waals surface area contributed by atoms with E-state index in [1.54, 1.807) is 24.5 Å². The van der Waals surface area contributed by atoms with E-state index in [0.29, 0.717) is 35.1 Å². The fourth-order valence-electron chi connectivity index (χ4n) is 4.35. The zero-order valence-corrected chi connectivity index (χ0v) is 18.4. The number of likely N-dealkylation sites (tertiary alicyclic amines) is 1. The third-order valence-electron chi connectivity index (χ3n) is 5.82. The van der Waals surface area contributed by atoms with Crippen LogP contribution >= 0.6 is 11.8 Å². The van der Waals surface area contributed by atoms with Crippen molar-refractivity contribution in [2.45, 2.75) is 35.9 Å². The molecule has 10 heteroatoms. The van der Waals surface area contributed by atoms with E-state index >= 15 is 0 Å². The summed E-state index contributed by atoms with van der Waals surface area (Å²) < 4.78 is 5.79. The van der Waals surface area contributed by atoms with E-state index in [9.17, 15) is 9.90 Å². The molecule has 2 aliphatic rings. The summed E-state index contributed by atoms with van der Waals surface area (Å²) in [4.78, 5) is 33.6. The van der Waals surface area contributed by atoms with Crippen molar-refractivity contribution in [3.8, 4) is 0 Å². The van der Waals surface area contributed by atoms with Gasteiger partial charge in [-0.2, -0.15) is 0 Å². The second-order valence-corrected chi connectivity index (χ2v) is 8.93. The molecule has 2 aromatic heterocycles. The zero-order chi connectivity index (χ0) is 22.4. The fraction of sp³-hybridized carbons (Fsp3) is 0.524. The molecule has 2 fully saturated rings. The molecule has 0 radical (unpaired) electrons. The third-order valence-corrected chi connectivity index (χ3v) is 6.72. The predicted molar refractivity (Wildman–Crippen MR) is 115 cm³/mol. The minimum Gasteiger partial charge on any atom is -0.483 e. The number of nitrogens with zero attached hydrogens (tertiary/aromatic N) is 4. The van der Waals surface area contributed by atoms with Gasteiger partial charge in [0.25, 0.3) is 12.4 Å². The molecular formula is C21H28N4O5S. The van der Waals surface area contributed by atoms with Crippen molar-refractivity contribution in [3.05, 3.63) is 42.1 Å². The van der Waals surface area contributed by atoms with E-state index in [0.717, 1.165) is 25.1 Å². The summed E-state index contributed by atoms with van der Waals surface area (Å²) >= 11 is 1.48. The van der Waals surface area contributed by atoms with Gasteiger partial charge in [-0.15, -0.1) is 0 Å². The van der Waals surface area contributed by atoms with Crippen LogP contribution in [0.15, 0.2) is 40.2 Å². The smallest absolute Gasteiger partial charge is 0.290 e. The molecule has 168 valence electrons. The lowest BCUT2D eigenvalue weighted by atomic mass is 9.77. The Balaban J connectivity index is 0.000000858. The Bertz CT molecular complexity index is 862. The number of thioether (sulfide) groups is 1. The summed E-state index contributed by atoms with van der Waals surface area (Å²) in [5, 5.41) is 18.0. The molecule has 4 rings (SSSR count). The van der Waals surface area contributed by atoms with Gasteiger partial charge in [-0.1, -0.05) is 11.8 Å². The summed E-state index contributed by atoms with van der Waals surface area (Å²) in [6.07, 6.45) is 4.78. The van der Waals surface area contributed by atoms with E-state index in [-0.39, 0.29) is 24.5 Å². The zero-order valence-electron chi connectivity index (χ0n) is 17.6. The molecule has 1 saturated heterocycles. The number of carbonyl (C=O) groups is 2. The van der Waals surface area contributed by atoms with Gasteiger partial charge in [0.05, 0.1) is 11.9 Å². The van der Waals surface area contributed by atoms with Crippen LogP contribution in [0.3, 0.4) is 0 Å². The van der Waals surface area contributed by atoms with Crippen LogP contribution < -0.4 is 0 Å².